The molecule has 0 saturated carbocycles. The van der Waals surface area contributed by atoms with Crippen molar-refractivity contribution in [3.8, 4) is 11.5 Å². The van der Waals surface area contributed by atoms with E-state index in [0.717, 1.165) is 27.4 Å². The number of hydrogen-bond donors (Lipinski definition) is 1. The van der Waals surface area contributed by atoms with Gasteiger partial charge in [-0.1, -0.05) is 41.3 Å². The normalized spacial score (nSPS) is 10.9. The second-order valence-electron chi connectivity index (χ2n) is 6.65. The van der Waals surface area contributed by atoms with E-state index in [-0.39, 0.29) is 21.5 Å². The van der Waals surface area contributed by atoms with E-state index in [1.54, 1.807) is 24.3 Å². The molecule has 3 aromatic rings. The lowest BCUT2D eigenvalue weighted by Crippen LogP contribution is -2.38. The second-order valence-corrected chi connectivity index (χ2v) is 10.7. The van der Waals surface area contributed by atoms with Gasteiger partial charge < -0.3 is 14.2 Å². The van der Waals surface area contributed by atoms with Gasteiger partial charge in [-0.15, -0.1) is 10.2 Å². The molecule has 186 valence electrons. The second kappa shape index (κ2) is 11.9. The summed E-state index contributed by atoms with van der Waals surface area (Å²) < 4.78 is 43.4. The molecule has 1 aromatic heterocycles. The summed E-state index contributed by atoms with van der Waals surface area (Å²) in [6, 6.07) is 12.3. The van der Waals surface area contributed by atoms with E-state index in [9.17, 15) is 18.0 Å². The van der Waals surface area contributed by atoms with Crippen LogP contribution in [0, 0.1) is 0 Å². The van der Waals surface area contributed by atoms with Crippen LogP contribution in [0.25, 0.3) is 0 Å². The first-order valence-electron chi connectivity index (χ1n) is 9.91. The SMILES string of the molecule is COC(=O)CSc1nnc(NC(=O)CN(c2ccc(OC)c(OC)c2)S(=O)(=O)c2ccccc2)s1. The average Bonchev–Trinajstić information content (AvgIpc) is 3.32. The maximum absolute atomic E-state index is 13.5. The largest absolute Gasteiger partial charge is 0.493 e. The maximum atomic E-state index is 13.5. The van der Waals surface area contributed by atoms with Crippen LogP contribution in [0.1, 0.15) is 0 Å². The number of methoxy groups -OCH3 is 3. The van der Waals surface area contributed by atoms with Crippen LogP contribution in [0.5, 0.6) is 11.5 Å². The number of esters is 1. The van der Waals surface area contributed by atoms with Gasteiger partial charge in [-0.25, -0.2) is 8.42 Å². The summed E-state index contributed by atoms with van der Waals surface area (Å²) in [5.74, 6) is -0.312. The third-order valence-electron chi connectivity index (χ3n) is 4.47. The number of aromatic nitrogens is 2. The highest BCUT2D eigenvalue weighted by Crippen LogP contribution is 2.34. The third-order valence-corrected chi connectivity index (χ3v) is 8.20. The Morgan fingerprint density at radius 1 is 1.03 bits per heavy atom. The summed E-state index contributed by atoms with van der Waals surface area (Å²) in [7, 11) is 0.0539. The molecule has 0 aliphatic carbocycles. The molecular formula is C21H22N4O7S3. The van der Waals surface area contributed by atoms with Crippen LogP contribution < -0.4 is 19.1 Å². The Morgan fingerprint density at radius 3 is 2.40 bits per heavy atom. The van der Waals surface area contributed by atoms with Crippen LogP contribution in [-0.2, 0) is 24.3 Å². The monoisotopic (exact) mass is 538 g/mol. The fraction of sp³-hybridized carbons (Fsp3) is 0.238. The highest BCUT2D eigenvalue weighted by molar-refractivity contribution is 8.01. The first-order valence-corrected chi connectivity index (χ1v) is 13.2. The minimum absolute atomic E-state index is 0.0139. The molecule has 11 nitrogen and oxygen atoms in total. The fourth-order valence-corrected chi connectivity index (χ4v) is 5.84. The number of hydrogen-bond acceptors (Lipinski definition) is 11. The van der Waals surface area contributed by atoms with E-state index in [1.165, 1.54) is 45.6 Å². The molecule has 0 bridgehead atoms. The van der Waals surface area contributed by atoms with Crippen molar-refractivity contribution in [3.63, 3.8) is 0 Å². The lowest BCUT2D eigenvalue weighted by molar-refractivity contribution is -0.137. The molecular weight excluding hydrogens is 516 g/mol. The Balaban J connectivity index is 1.86. The van der Waals surface area contributed by atoms with Gasteiger partial charge >= 0.3 is 5.97 Å². The number of anilines is 2. The van der Waals surface area contributed by atoms with Gasteiger partial charge in [-0.3, -0.25) is 19.2 Å². The Kier molecular flexibility index (Phi) is 8.89. The lowest BCUT2D eigenvalue weighted by atomic mass is 10.2. The number of nitrogens with zero attached hydrogens (tertiary/aromatic N) is 3. The van der Waals surface area contributed by atoms with Crippen molar-refractivity contribution >= 4 is 55.8 Å². The number of ether oxygens (including phenoxy) is 3. The highest BCUT2D eigenvalue weighted by Gasteiger charge is 2.28. The molecule has 0 aliphatic heterocycles. The zero-order chi connectivity index (χ0) is 25.4. The van der Waals surface area contributed by atoms with Crippen molar-refractivity contribution in [2.24, 2.45) is 0 Å². The lowest BCUT2D eigenvalue weighted by Gasteiger charge is -2.24. The number of carbonyl (C=O) groups is 2. The summed E-state index contributed by atoms with van der Waals surface area (Å²) in [5.41, 5.74) is 0.202. The molecule has 0 spiro atoms. The highest BCUT2D eigenvalue weighted by atomic mass is 32.2. The number of carbonyl (C=O) groups excluding carboxylic acids is 2. The van der Waals surface area contributed by atoms with Crippen LogP contribution in [0.2, 0.25) is 0 Å². The molecule has 0 saturated heterocycles. The van der Waals surface area contributed by atoms with Crippen molar-refractivity contribution in [1.29, 1.82) is 0 Å². The topological polar surface area (TPSA) is 137 Å². The van der Waals surface area contributed by atoms with Gasteiger partial charge in [0.1, 0.15) is 6.54 Å². The van der Waals surface area contributed by atoms with E-state index >= 15 is 0 Å². The minimum Gasteiger partial charge on any atom is -0.493 e. The van der Waals surface area contributed by atoms with Crippen molar-refractivity contribution in [3.05, 3.63) is 48.5 Å². The first-order chi connectivity index (χ1) is 16.8. The summed E-state index contributed by atoms with van der Waals surface area (Å²) in [5, 5.41) is 10.5. The fourth-order valence-electron chi connectivity index (χ4n) is 2.80. The average molecular weight is 539 g/mol. The van der Waals surface area contributed by atoms with Gasteiger partial charge in [0.15, 0.2) is 15.8 Å². The summed E-state index contributed by atoms with van der Waals surface area (Å²) in [4.78, 5) is 24.2. The standard InChI is InChI=1S/C21H22N4O7S3/c1-30-16-10-9-14(11-17(16)31-2)25(35(28,29)15-7-5-4-6-8-15)12-18(26)22-20-23-24-21(34-20)33-13-19(27)32-3/h4-11H,12-13H2,1-3H3,(H,22,23,26). The molecule has 1 heterocycles. The van der Waals surface area contributed by atoms with E-state index in [4.69, 9.17) is 9.47 Å². The van der Waals surface area contributed by atoms with Gasteiger partial charge in [-0.05, 0) is 24.3 Å². The Bertz CT molecular complexity index is 1280. The van der Waals surface area contributed by atoms with Crippen LogP contribution in [0.15, 0.2) is 57.8 Å². The molecule has 0 aliphatic rings. The van der Waals surface area contributed by atoms with Gasteiger partial charge in [0.05, 0.1) is 37.7 Å². The number of amides is 1. The number of benzene rings is 2. The molecule has 0 radical (unpaired) electrons. The van der Waals surface area contributed by atoms with Gasteiger partial charge in [0.25, 0.3) is 10.0 Å². The Morgan fingerprint density at radius 2 is 1.74 bits per heavy atom. The first kappa shape index (κ1) is 26.2. The molecule has 2 aromatic carbocycles. The minimum atomic E-state index is -4.11. The van der Waals surface area contributed by atoms with Crippen molar-refractivity contribution in [1.82, 2.24) is 10.2 Å². The van der Waals surface area contributed by atoms with E-state index < -0.39 is 28.4 Å². The zero-order valence-electron chi connectivity index (χ0n) is 19.0. The summed E-state index contributed by atoms with van der Waals surface area (Å²) in [6.45, 7) is -0.545. The van der Waals surface area contributed by atoms with Crippen LogP contribution in [0.3, 0.4) is 0 Å². The van der Waals surface area contributed by atoms with Gasteiger partial charge in [0, 0.05) is 6.07 Å². The number of sulfonamides is 1. The Labute approximate surface area is 210 Å². The molecule has 3 rings (SSSR count). The van der Waals surface area contributed by atoms with Crippen LogP contribution in [-0.4, -0.2) is 64.1 Å². The summed E-state index contributed by atoms with van der Waals surface area (Å²) in [6.07, 6.45) is 0. The molecule has 1 N–H and O–H groups in total. The van der Waals surface area contributed by atoms with E-state index in [2.05, 4.69) is 20.3 Å². The van der Waals surface area contributed by atoms with Crippen LogP contribution in [0.4, 0.5) is 10.8 Å². The molecule has 14 heteroatoms. The number of rotatable bonds is 11. The molecule has 1 amide bonds. The predicted molar refractivity (Wildman–Crippen MR) is 132 cm³/mol. The van der Waals surface area contributed by atoms with Gasteiger partial charge in [0.2, 0.25) is 11.0 Å². The Hall–Kier alpha value is -3.36. The smallest absolute Gasteiger partial charge is 0.316 e. The molecule has 0 atom stereocenters. The van der Waals surface area contributed by atoms with E-state index in [1.807, 2.05) is 0 Å². The van der Waals surface area contributed by atoms with Crippen molar-refractivity contribution < 1.29 is 32.2 Å². The van der Waals surface area contributed by atoms with E-state index in [0.29, 0.717) is 15.8 Å². The van der Waals surface area contributed by atoms with Gasteiger partial charge in [-0.2, -0.15) is 0 Å². The zero-order valence-corrected chi connectivity index (χ0v) is 21.4. The van der Waals surface area contributed by atoms with Crippen molar-refractivity contribution in [2.45, 2.75) is 9.24 Å². The third kappa shape index (κ3) is 6.61. The van der Waals surface area contributed by atoms with Crippen LogP contribution >= 0.6 is 23.1 Å². The number of nitrogens with one attached hydrogen (secondary N) is 1. The molecule has 0 unspecified atom stereocenters. The predicted octanol–water partition coefficient (Wildman–Crippen LogP) is 2.65. The molecule has 35 heavy (non-hydrogen) atoms. The van der Waals surface area contributed by atoms with Crippen molar-refractivity contribution in [2.75, 3.05) is 43.2 Å². The maximum Gasteiger partial charge on any atom is 0.316 e. The molecule has 0 fully saturated rings. The summed E-state index contributed by atoms with van der Waals surface area (Å²) >= 11 is 2.16. The number of thioether (sulfide) groups is 1. The quantitative estimate of drug-likeness (QED) is 0.220.